The Morgan fingerprint density at radius 3 is 1.92 bits per heavy atom. The summed E-state index contributed by atoms with van der Waals surface area (Å²) in [6.45, 7) is 1.79. The molecule has 1 fully saturated rings. The van der Waals surface area contributed by atoms with Gasteiger partial charge in [0.05, 0.1) is 4.90 Å². The van der Waals surface area contributed by atoms with Gasteiger partial charge in [-0.2, -0.15) is 4.72 Å². The molecule has 0 unspecified atom stereocenters. The molecule has 8 nitrogen and oxygen atoms in total. The van der Waals surface area contributed by atoms with Crippen molar-refractivity contribution in [2.75, 3.05) is 0 Å². The molecule has 0 radical (unpaired) electrons. The van der Waals surface area contributed by atoms with Crippen molar-refractivity contribution in [3.63, 3.8) is 0 Å². The predicted molar refractivity (Wildman–Crippen MR) is 91.3 cm³/mol. The zero-order valence-electron chi connectivity index (χ0n) is 13.6. The van der Waals surface area contributed by atoms with E-state index in [2.05, 4.69) is 4.72 Å². The molecule has 1 heterocycles. The van der Waals surface area contributed by atoms with Crippen LogP contribution in [0.15, 0.2) is 59.5 Å². The van der Waals surface area contributed by atoms with Gasteiger partial charge >= 0.3 is 6.03 Å². The van der Waals surface area contributed by atoms with Gasteiger partial charge in [0.1, 0.15) is 0 Å². The fourth-order valence-corrected chi connectivity index (χ4v) is 3.93. The quantitative estimate of drug-likeness (QED) is 0.675. The van der Waals surface area contributed by atoms with Crippen LogP contribution in [0.5, 0.6) is 0 Å². The summed E-state index contributed by atoms with van der Waals surface area (Å²) in [5.74, 6) is -2.15. The summed E-state index contributed by atoms with van der Waals surface area (Å²) in [7, 11) is -4.25. The average Bonchev–Trinajstić information content (AvgIpc) is 2.59. The van der Waals surface area contributed by atoms with Crippen LogP contribution in [0.25, 0.3) is 0 Å². The maximum Gasteiger partial charge on any atom is 0.328 e. The standard InChI is InChI=1S/C17H15N3O5S/c1-11-7-9-13(10-8-11)26(24,25)20-17(12-5-3-2-4-6-12)14(21)18-16(23)19-15(17)22/h2-10,20H,1H3,(H2,18,19,21,22,23). The van der Waals surface area contributed by atoms with E-state index in [0.29, 0.717) is 0 Å². The van der Waals surface area contributed by atoms with Crippen LogP contribution in [0, 0.1) is 6.92 Å². The summed E-state index contributed by atoms with van der Waals surface area (Å²) in [5, 5.41) is 3.89. The third-order valence-electron chi connectivity index (χ3n) is 3.96. The second-order valence-electron chi connectivity index (χ2n) is 5.77. The van der Waals surface area contributed by atoms with Gasteiger partial charge < -0.3 is 0 Å². The van der Waals surface area contributed by atoms with Crippen molar-refractivity contribution in [1.82, 2.24) is 15.4 Å². The molecule has 3 N–H and O–H groups in total. The summed E-state index contributed by atoms with van der Waals surface area (Å²) in [6.07, 6.45) is 0. The SMILES string of the molecule is Cc1ccc(S(=O)(=O)NC2(c3ccccc3)C(=O)NC(=O)NC2=O)cc1. The van der Waals surface area contributed by atoms with Crippen LogP contribution in [0.4, 0.5) is 4.79 Å². The van der Waals surface area contributed by atoms with E-state index < -0.39 is 33.4 Å². The molecule has 0 aromatic heterocycles. The van der Waals surface area contributed by atoms with Crippen LogP contribution in [0.1, 0.15) is 11.1 Å². The van der Waals surface area contributed by atoms with Gasteiger partial charge in [-0.1, -0.05) is 48.0 Å². The Kier molecular flexibility index (Phi) is 4.34. The summed E-state index contributed by atoms with van der Waals surface area (Å²) in [5.41, 5.74) is -1.38. The van der Waals surface area contributed by atoms with Gasteiger partial charge in [0.15, 0.2) is 0 Å². The Labute approximate surface area is 149 Å². The summed E-state index contributed by atoms with van der Waals surface area (Å²) in [6, 6.07) is 12.5. The van der Waals surface area contributed by atoms with Crippen molar-refractivity contribution in [2.45, 2.75) is 17.4 Å². The molecule has 0 saturated carbocycles. The lowest BCUT2D eigenvalue weighted by atomic mass is 9.88. The molecule has 2 aromatic carbocycles. The largest absolute Gasteiger partial charge is 0.328 e. The minimum atomic E-state index is -4.25. The fraction of sp³-hybridized carbons (Fsp3) is 0.118. The van der Waals surface area contributed by atoms with Gasteiger partial charge in [-0.15, -0.1) is 0 Å². The van der Waals surface area contributed by atoms with E-state index in [1.807, 2.05) is 10.6 Å². The Morgan fingerprint density at radius 2 is 1.38 bits per heavy atom. The molecule has 1 saturated heterocycles. The van der Waals surface area contributed by atoms with Crippen molar-refractivity contribution < 1.29 is 22.8 Å². The number of nitrogens with one attached hydrogen (secondary N) is 3. The monoisotopic (exact) mass is 373 g/mol. The first kappa shape index (κ1) is 17.8. The summed E-state index contributed by atoms with van der Waals surface area (Å²) in [4.78, 5) is 36.5. The smallest absolute Gasteiger partial charge is 0.275 e. The highest BCUT2D eigenvalue weighted by molar-refractivity contribution is 7.89. The Balaban J connectivity index is 2.13. The van der Waals surface area contributed by atoms with Gasteiger partial charge in [0.2, 0.25) is 15.6 Å². The normalized spacial score (nSPS) is 16.7. The number of hydrogen-bond donors (Lipinski definition) is 3. The zero-order valence-corrected chi connectivity index (χ0v) is 14.5. The molecule has 0 aliphatic carbocycles. The lowest BCUT2D eigenvalue weighted by Gasteiger charge is -2.34. The van der Waals surface area contributed by atoms with E-state index in [1.165, 1.54) is 24.3 Å². The molecule has 134 valence electrons. The molecule has 0 spiro atoms. The first-order valence-corrected chi connectivity index (χ1v) is 9.07. The minimum absolute atomic E-state index is 0.0817. The number of sulfonamides is 1. The van der Waals surface area contributed by atoms with E-state index in [9.17, 15) is 22.8 Å². The highest BCUT2D eigenvalue weighted by Crippen LogP contribution is 2.27. The highest BCUT2D eigenvalue weighted by Gasteiger charge is 2.54. The third kappa shape index (κ3) is 2.98. The number of hydrogen-bond acceptors (Lipinski definition) is 5. The van der Waals surface area contributed by atoms with Crippen molar-refractivity contribution in [3.8, 4) is 0 Å². The van der Waals surface area contributed by atoms with Gasteiger partial charge in [0.25, 0.3) is 11.8 Å². The van der Waals surface area contributed by atoms with Crippen LogP contribution in [-0.4, -0.2) is 26.3 Å². The maximum atomic E-state index is 12.8. The number of aryl methyl sites for hydroxylation is 1. The molecular formula is C17H15N3O5S. The number of amides is 4. The number of rotatable bonds is 4. The molecule has 1 aliphatic heterocycles. The van der Waals surface area contributed by atoms with Crippen molar-refractivity contribution in [3.05, 3.63) is 65.7 Å². The molecule has 0 bridgehead atoms. The van der Waals surface area contributed by atoms with Gasteiger partial charge in [-0.3, -0.25) is 20.2 Å². The van der Waals surface area contributed by atoms with E-state index in [0.717, 1.165) is 5.56 Å². The first-order valence-electron chi connectivity index (χ1n) is 7.59. The van der Waals surface area contributed by atoms with Crippen LogP contribution < -0.4 is 15.4 Å². The fourth-order valence-electron chi connectivity index (χ4n) is 2.61. The molecule has 3 rings (SSSR count). The van der Waals surface area contributed by atoms with Crippen molar-refractivity contribution in [1.29, 1.82) is 0 Å². The van der Waals surface area contributed by atoms with Gasteiger partial charge in [0, 0.05) is 0 Å². The summed E-state index contributed by atoms with van der Waals surface area (Å²) < 4.78 is 27.8. The first-order chi connectivity index (χ1) is 12.3. The summed E-state index contributed by atoms with van der Waals surface area (Å²) >= 11 is 0. The van der Waals surface area contributed by atoms with E-state index >= 15 is 0 Å². The van der Waals surface area contributed by atoms with Crippen molar-refractivity contribution in [2.24, 2.45) is 0 Å². The molecule has 26 heavy (non-hydrogen) atoms. The van der Waals surface area contributed by atoms with E-state index in [-0.39, 0.29) is 10.5 Å². The van der Waals surface area contributed by atoms with Crippen molar-refractivity contribution >= 4 is 27.9 Å². The lowest BCUT2D eigenvalue weighted by Crippen LogP contribution is -2.71. The molecule has 1 aliphatic rings. The van der Waals surface area contributed by atoms with Gasteiger partial charge in [-0.25, -0.2) is 13.2 Å². The second-order valence-corrected chi connectivity index (χ2v) is 7.45. The number of carbonyl (C=O) groups excluding carboxylic acids is 3. The third-order valence-corrected chi connectivity index (χ3v) is 5.43. The van der Waals surface area contributed by atoms with E-state index in [4.69, 9.17) is 0 Å². The zero-order chi connectivity index (χ0) is 18.9. The van der Waals surface area contributed by atoms with Crippen LogP contribution in [-0.2, 0) is 25.2 Å². The highest BCUT2D eigenvalue weighted by atomic mass is 32.2. The van der Waals surface area contributed by atoms with Crippen LogP contribution in [0.3, 0.4) is 0 Å². The minimum Gasteiger partial charge on any atom is -0.275 e. The molecule has 9 heteroatoms. The molecule has 4 amide bonds. The Bertz CT molecular complexity index is 965. The predicted octanol–water partition coefficient (Wildman–Crippen LogP) is 0.535. The number of benzene rings is 2. The van der Waals surface area contributed by atoms with Crippen LogP contribution in [0.2, 0.25) is 0 Å². The maximum absolute atomic E-state index is 12.8. The Hall–Kier alpha value is -3.04. The number of barbiturate groups is 1. The Morgan fingerprint density at radius 1 is 0.846 bits per heavy atom. The van der Waals surface area contributed by atoms with E-state index in [1.54, 1.807) is 37.3 Å². The average molecular weight is 373 g/mol. The number of imide groups is 2. The lowest BCUT2D eigenvalue weighted by molar-refractivity contribution is -0.139. The second kappa shape index (κ2) is 6.36. The number of urea groups is 1. The molecular weight excluding hydrogens is 358 g/mol. The topological polar surface area (TPSA) is 121 Å². The number of carbonyl (C=O) groups is 3. The molecule has 0 atom stereocenters. The van der Waals surface area contributed by atoms with Crippen LogP contribution >= 0.6 is 0 Å². The molecule has 2 aromatic rings. The van der Waals surface area contributed by atoms with Gasteiger partial charge in [-0.05, 0) is 24.6 Å².